The van der Waals surface area contributed by atoms with Gasteiger partial charge in [0.2, 0.25) is 0 Å². The Bertz CT molecular complexity index is 976. The number of amides is 1. The summed E-state index contributed by atoms with van der Waals surface area (Å²) in [6, 6.07) is 12.0. The molecular weight excluding hydrogens is 345 g/mol. The number of anilines is 1. The molecular formula is C20H20FN5O. The van der Waals surface area contributed by atoms with E-state index in [0.29, 0.717) is 16.9 Å². The molecule has 3 aromatic rings. The number of hydrogen-bond donors (Lipinski definition) is 3. The molecule has 2 heterocycles. The zero-order valence-corrected chi connectivity index (χ0v) is 14.7. The summed E-state index contributed by atoms with van der Waals surface area (Å²) in [4.78, 5) is 20.3. The summed E-state index contributed by atoms with van der Waals surface area (Å²) in [5.41, 5.74) is 7.46. The smallest absolute Gasteiger partial charge is 0.250 e. The Morgan fingerprint density at radius 1 is 1.19 bits per heavy atom. The maximum atomic E-state index is 13.3. The van der Waals surface area contributed by atoms with E-state index in [-0.39, 0.29) is 17.8 Å². The van der Waals surface area contributed by atoms with Crippen LogP contribution in [-0.4, -0.2) is 35.0 Å². The number of benzene rings is 2. The Balaban J connectivity index is 1.68. The molecule has 2 aromatic carbocycles. The lowest BCUT2D eigenvalue weighted by molar-refractivity contribution is 0.100. The van der Waals surface area contributed by atoms with Crippen LogP contribution in [0.3, 0.4) is 0 Å². The number of carbonyl (C=O) groups is 1. The number of halogens is 1. The van der Waals surface area contributed by atoms with Gasteiger partial charge < -0.3 is 16.4 Å². The fourth-order valence-electron chi connectivity index (χ4n) is 3.70. The summed E-state index contributed by atoms with van der Waals surface area (Å²) in [7, 11) is 0. The van der Waals surface area contributed by atoms with E-state index in [1.54, 1.807) is 12.1 Å². The number of hydrogen-bond acceptors (Lipinski definition) is 5. The number of primary amides is 1. The molecule has 0 saturated carbocycles. The third-order valence-electron chi connectivity index (χ3n) is 5.03. The highest BCUT2D eigenvalue weighted by atomic mass is 19.1. The Labute approximate surface area is 156 Å². The van der Waals surface area contributed by atoms with Crippen molar-refractivity contribution in [2.45, 2.75) is 18.4 Å². The van der Waals surface area contributed by atoms with E-state index in [2.05, 4.69) is 20.6 Å². The number of fused-ring (bicyclic) bond motifs is 1. The van der Waals surface area contributed by atoms with Crippen LogP contribution in [0.5, 0.6) is 0 Å². The summed E-state index contributed by atoms with van der Waals surface area (Å²) < 4.78 is 13.3. The molecule has 1 aliphatic rings. The fourth-order valence-corrected chi connectivity index (χ4v) is 3.70. The molecule has 6 nitrogen and oxygen atoms in total. The Kier molecular flexibility index (Phi) is 4.68. The second-order valence-corrected chi connectivity index (χ2v) is 6.69. The van der Waals surface area contributed by atoms with Gasteiger partial charge in [-0.05, 0) is 42.8 Å². The number of carbonyl (C=O) groups excluding carboxylic acids is 1. The van der Waals surface area contributed by atoms with Crippen LogP contribution in [0.4, 0.5) is 10.2 Å². The second kappa shape index (κ2) is 7.28. The highest BCUT2D eigenvalue weighted by Crippen LogP contribution is 2.30. The molecule has 2 atom stereocenters. The number of rotatable bonds is 4. The molecule has 1 saturated heterocycles. The molecule has 1 fully saturated rings. The average Bonchev–Trinajstić information content (AvgIpc) is 2.69. The summed E-state index contributed by atoms with van der Waals surface area (Å²) in [6.45, 7) is 1.65. The predicted octanol–water partition coefficient (Wildman–Crippen LogP) is 2.43. The van der Waals surface area contributed by atoms with Gasteiger partial charge in [0.25, 0.3) is 5.91 Å². The van der Waals surface area contributed by atoms with Crippen molar-refractivity contribution < 1.29 is 9.18 Å². The minimum absolute atomic E-state index is 0.0690. The van der Waals surface area contributed by atoms with Crippen LogP contribution in [0, 0.1) is 5.82 Å². The lowest BCUT2D eigenvalue weighted by atomic mass is 9.86. The second-order valence-electron chi connectivity index (χ2n) is 6.69. The number of piperidine rings is 1. The van der Waals surface area contributed by atoms with E-state index in [1.807, 2.05) is 18.2 Å². The van der Waals surface area contributed by atoms with E-state index < -0.39 is 5.91 Å². The lowest BCUT2D eigenvalue weighted by Gasteiger charge is -2.33. The van der Waals surface area contributed by atoms with Crippen LogP contribution < -0.4 is 16.4 Å². The molecule has 138 valence electrons. The van der Waals surface area contributed by atoms with Crippen molar-refractivity contribution in [1.82, 2.24) is 15.3 Å². The van der Waals surface area contributed by atoms with Crippen molar-refractivity contribution >= 4 is 22.6 Å². The summed E-state index contributed by atoms with van der Waals surface area (Å²) in [5, 5.41) is 7.63. The Hall–Kier alpha value is -3.06. The van der Waals surface area contributed by atoms with Crippen molar-refractivity contribution in [2.75, 3.05) is 18.4 Å². The molecule has 0 aliphatic carbocycles. The van der Waals surface area contributed by atoms with Gasteiger partial charge in [-0.1, -0.05) is 18.2 Å². The van der Waals surface area contributed by atoms with Gasteiger partial charge in [0.1, 0.15) is 18.0 Å². The fraction of sp³-hybridized carbons (Fsp3) is 0.250. The highest BCUT2D eigenvalue weighted by molar-refractivity contribution is 6.06. The zero-order valence-electron chi connectivity index (χ0n) is 14.7. The van der Waals surface area contributed by atoms with Gasteiger partial charge in [0.05, 0.1) is 11.1 Å². The highest BCUT2D eigenvalue weighted by Gasteiger charge is 2.27. The molecule has 0 bridgehead atoms. The quantitative estimate of drug-likeness (QED) is 0.660. The standard InChI is InChI=1S/C20H20FN5O/c21-13-6-4-12(5-7-13)14-8-9-23-10-17(14)26-20-16-3-1-2-15(19(22)27)18(16)24-11-25-20/h1-7,11,14,17,23H,8-10H2,(H2,22,27)(H,24,25,26)/t14-,17+/m0/s1. The van der Waals surface area contributed by atoms with E-state index in [4.69, 9.17) is 5.73 Å². The number of nitrogens with zero attached hydrogens (tertiary/aromatic N) is 2. The van der Waals surface area contributed by atoms with Crippen molar-refractivity contribution in [3.8, 4) is 0 Å². The third-order valence-corrected chi connectivity index (χ3v) is 5.03. The average molecular weight is 365 g/mol. The maximum absolute atomic E-state index is 13.3. The van der Waals surface area contributed by atoms with Crippen LogP contribution >= 0.6 is 0 Å². The molecule has 0 radical (unpaired) electrons. The van der Waals surface area contributed by atoms with Crippen LogP contribution in [0.1, 0.15) is 28.3 Å². The van der Waals surface area contributed by atoms with Crippen LogP contribution in [0.15, 0.2) is 48.8 Å². The molecule has 0 spiro atoms. The first-order valence-electron chi connectivity index (χ1n) is 8.90. The first-order chi connectivity index (χ1) is 13.1. The summed E-state index contributed by atoms with van der Waals surface area (Å²) in [5.74, 6) is 0.117. The molecule has 4 rings (SSSR count). The first kappa shape index (κ1) is 17.4. The largest absolute Gasteiger partial charge is 0.366 e. The summed E-state index contributed by atoms with van der Waals surface area (Å²) >= 11 is 0. The minimum Gasteiger partial charge on any atom is -0.366 e. The van der Waals surface area contributed by atoms with Gasteiger partial charge in [0.15, 0.2) is 0 Å². The number of aromatic nitrogens is 2. The van der Waals surface area contributed by atoms with Gasteiger partial charge >= 0.3 is 0 Å². The minimum atomic E-state index is -0.520. The van der Waals surface area contributed by atoms with Crippen molar-refractivity contribution in [3.05, 3.63) is 65.7 Å². The lowest BCUT2D eigenvalue weighted by Crippen LogP contribution is -2.44. The van der Waals surface area contributed by atoms with Crippen molar-refractivity contribution in [1.29, 1.82) is 0 Å². The van der Waals surface area contributed by atoms with Gasteiger partial charge in [-0.15, -0.1) is 0 Å². The molecule has 1 amide bonds. The third kappa shape index (κ3) is 3.46. The van der Waals surface area contributed by atoms with E-state index in [0.717, 1.165) is 30.5 Å². The zero-order chi connectivity index (χ0) is 18.8. The predicted molar refractivity (Wildman–Crippen MR) is 102 cm³/mol. The van der Waals surface area contributed by atoms with Gasteiger partial charge in [-0.2, -0.15) is 0 Å². The monoisotopic (exact) mass is 365 g/mol. The normalized spacial score (nSPS) is 19.7. The molecule has 4 N–H and O–H groups in total. The number of para-hydroxylation sites is 1. The van der Waals surface area contributed by atoms with Gasteiger partial charge in [-0.25, -0.2) is 14.4 Å². The van der Waals surface area contributed by atoms with Crippen LogP contribution in [0.2, 0.25) is 0 Å². The van der Waals surface area contributed by atoms with Crippen LogP contribution in [0.25, 0.3) is 10.9 Å². The molecule has 27 heavy (non-hydrogen) atoms. The van der Waals surface area contributed by atoms with Gasteiger partial charge in [0, 0.05) is 23.9 Å². The van der Waals surface area contributed by atoms with Crippen LogP contribution in [-0.2, 0) is 0 Å². The molecule has 1 aliphatic heterocycles. The maximum Gasteiger partial charge on any atom is 0.250 e. The summed E-state index contributed by atoms with van der Waals surface area (Å²) in [6.07, 6.45) is 2.36. The Morgan fingerprint density at radius 3 is 2.78 bits per heavy atom. The van der Waals surface area contributed by atoms with E-state index in [1.165, 1.54) is 18.5 Å². The van der Waals surface area contributed by atoms with E-state index in [9.17, 15) is 9.18 Å². The first-order valence-corrected chi connectivity index (χ1v) is 8.90. The number of nitrogens with two attached hydrogens (primary N) is 1. The number of nitrogens with one attached hydrogen (secondary N) is 2. The molecule has 1 aromatic heterocycles. The van der Waals surface area contributed by atoms with Gasteiger partial charge in [-0.3, -0.25) is 4.79 Å². The Morgan fingerprint density at radius 2 is 2.00 bits per heavy atom. The van der Waals surface area contributed by atoms with Crippen molar-refractivity contribution in [2.24, 2.45) is 5.73 Å². The molecule has 7 heteroatoms. The topological polar surface area (TPSA) is 92.9 Å². The van der Waals surface area contributed by atoms with E-state index >= 15 is 0 Å². The SMILES string of the molecule is NC(=O)c1cccc2c(N[C@@H]3CNCC[C@H]3c3ccc(F)cc3)ncnc12. The molecule has 0 unspecified atom stereocenters. The van der Waals surface area contributed by atoms with Crippen molar-refractivity contribution in [3.63, 3.8) is 0 Å².